The second-order valence-corrected chi connectivity index (χ2v) is 8.49. The first-order valence-corrected chi connectivity index (χ1v) is 10.9. The second-order valence-electron chi connectivity index (χ2n) is 7.27. The van der Waals surface area contributed by atoms with Gasteiger partial charge in [-0.25, -0.2) is 9.37 Å². The van der Waals surface area contributed by atoms with Crippen LogP contribution in [0.15, 0.2) is 79.3 Å². The van der Waals surface area contributed by atoms with Gasteiger partial charge in [-0.2, -0.15) is 4.73 Å². The van der Waals surface area contributed by atoms with E-state index in [2.05, 4.69) is 4.98 Å². The number of nitrogens with zero attached hydrogens (tertiary/aromatic N) is 3. The minimum Gasteiger partial charge on any atom is -0.618 e. The highest BCUT2D eigenvalue weighted by Crippen LogP contribution is 2.41. The zero-order valence-corrected chi connectivity index (χ0v) is 19.0. The fourth-order valence-corrected chi connectivity index (χ4v) is 4.62. The van der Waals surface area contributed by atoms with Crippen molar-refractivity contribution in [1.29, 1.82) is 0 Å². The Bertz CT molecular complexity index is 1510. The Morgan fingerprint density at radius 1 is 0.848 bits per heavy atom. The number of halogens is 4. The number of hydrogen-bond donors (Lipinski definition) is 0. The predicted octanol–water partition coefficient (Wildman–Crippen LogP) is 7.36. The maximum absolute atomic E-state index is 13.8. The van der Waals surface area contributed by atoms with Crippen molar-refractivity contribution in [2.24, 2.45) is 0 Å². The van der Waals surface area contributed by atoms with Crippen LogP contribution in [0, 0.1) is 11.0 Å². The summed E-state index contributed by atoms with van der Waals surface area (Å²) in [7, 11) is 0. The molecule has 0 saturated heterocycles. The van der Waals surface area contributed by atoms with Gasteiger partial charge in [0.2, 0.25) is 0 Å². The molecular formula is C25H13Cl3FN3O. The van der Waals surface area contributed by atoms with Gasteiger partial charge in [0.05, 0.1) is 26.3 Å². The minimum atomic E-state index is -0.449. The van der Waals surface area contributed by atoms with Gasteiger partial charge < -0.3 is 5.21 Å². The Balaban J connectivity index is 1.94. The van der Waals surface area contributed by atoms with Gasteiger partial charge in [0.25, 0.3) is 5.69 Å². The standard InChI is InChI=1S/C25H13Cl3FN3O/c26-19-4-1-5-20(27)23(19)25-24-17(8-10-32(25)33)18(16-7-6-15(29)11-21(16)28)12-22(31-24)14-3-2-9-30-13-14/h1-13H. The first-order valence-electron chi connectivity index (χ1n) is 9.81. The average Bonchev–Trinajstić information content (AvgIpc) is 2.80. The van der Waals surface area contributed by atoms with Crippen molar-refractivity contribution in [1.82, 2.24) is 9.97 Å². The summed E-state index contributed by atoms with van der Waals surface area (Å²) in [5.74, 6) is -0.449. The quantitative estimate of drug-likeness (QED) is 0.194. The molecule has 0 aliphatic heterocycles. The molecule has 0 unspecified atom stereocenters. The lowest BCUT2D eigenvalue weighted by molar-refractivity contribution is -0.592. The van der Waals surface area contributed by atoms with E-state index in [4.69, 9.17) is 39.8 Å². The summed E-state index contributed by atoms with van der Waals surface area (Å²) in [5, 5.41) is 14.5. The van der Waals surface area contributed by atoms with Crippen LogP contribution in [0.2, 0.25) is 15.1 Å². The molecule has 0 amide bonds. The van der Waals surface area contributed by atoms with Crippen molar-refractivity contribution in [3.63, 3.8) is 0 Å². The van der Waals surface area contributed by atoms with Crippen LogP contribution >= 0.6 is 34.8 Å². The maximum atomic E-state index is 13.8. The van der Waals surface area contributed by atoms with E-state index in [1.54, 1.807) is 48.8 Å². The largest absolute Gasteiger partial charge is 0.618 e. The smallest absolute Gasteiger partial charge is 0.253 e. The number of rotatable bonds is 3. The molecule has 2 aromatic carbocycles. The van der Waals surface area contributed by atoms with Crippen molar-refractivity contribution in [3.05, 3.63) is 105 Å². The van der Waals surface area contributed by atoms with Gasteiger partial charge in [-0.05, 0) is 54.1 Å². The second kappa shape index (κ2) is 8.60. The molecule has 8 heteroatoms. The van der Waals surface area contributed by atoms with Crippen LogP contribution in [-0.4, -0.2) is 9.97 Å². The maximum Gasteiger partial charge on any atom is 0.253 e. The highest BCUT2D eigenvalue weighted by atomic mass is 35.5. The van der Waals surface area contributed by atoms with Crippen LogP contribution in [0.5, 0.6) is 0 Å². The lowest BCUT2D eigenvalue weighted by Gasteiger charge is -2.15. The van der Waals surface area contributed by atoms with Gasteiger partial charge in [-0.15, -0.1) is 0 Å². The van der Waals surface area contributed by atoms with E-state index in [-0.39, 0.29) is 10.7 Å². The average molecular weight is 497 g/mol. The molecule has 3 heterocycles. The van der Waals surface area contributed by atoms with Crippen molar-refractivity contribution < 1.29 is 9.12 Å². The predicted molar refractivity (Wildman–Crippen MR) is 130 cm³/mol. The van der Waals surface area contributed by atoms with Gasteiger partial charge in [-0.3, -0.25) is 4.98 Å². The van der Waals surface area contributed by atoms with Gasteiger partial charge in [-0.1, -0.05) is 40.9 Å². The molecule has 162 valence electrons. The molecule has 0 fully saturated rings. The number of benzene rings is 2. The normalized spacial score (nSPS) is 11.2. The van der Waals surface area contributed by atoms with Crippen molar-refractivity contribution in [2.75, 3.05) is 0 Å². The summed E-state index contributed by atoms with van der Waals surface area (Å²) in [4.78, 5) is 8.98. The van der Waals surface area contributed by atoms with E-state index in [0.29, 0.717) is 48.1 Å². The Morgan fingerprint density at radius 3 is 2.33 bits per heavy atom. The Morgan fingerprint density at radius 2 is 1.64 bits per heavy atom. The van der Waals surface area contributed by atoms with Crippen LogP contribution in [0.4, 0.5) is 4.39 Å². The third kappa shape index (κ3) is 3.89. The zero-order chi connectivity index (χ0) is 23.1. The summed E-state index contributed by atoms with van der Waals surface area (Å²) in [6.45, 7) is 0. The molecule has 33 heavy (non-hydrogen) atoms. The van der Waals surface area contributed by atoms with Crippen LogP contribution in [0.3, 0.4) is 0 Å². The van der Waals surface area contributed by atoms with Crippen molar-refractivity contribution >= 4 is 45.7 Å². The molecule has 0 aliphatic carbocycles. The summed E-state index contributed by atoms with van der Waals surface area (Å²) < 4.78 is 14.5. The molecule has 0 radical (unpaired) electrons. The van der Waals surface area contributed by atoms with Gasteiger partial charge in [0.1, 0.15) is 11.3 Å². The Labute approximate surface area is 203 Å². The van der Waals surface area contributed by atoms with E-state index in [0.717, 1.165) is 5.56 Å². The van der Waals surface area contributed by atoms with Crippen molar-refractivity contribution in [2.45, 2.75) is 0 Å². The summed E-state index contributed by atoms with van der Waals surface area (Å²) in [6, 6.07) is 16.3. The van der Waals surface area contributed by atoms with E-state index < -0.39 is 5.82 Å². The van der Waals surface area contributed by atoms with Gasteiger partial charge in [0, 0.05) is 35.0 Å². The van der Waals surface area contributed by atoms with E-state index in [1.165, 1.54) is 18.3 Å². The first kappa shape index (κ1) is 21.6. The highest BCUT2D eigenvalue weighted by molar-refractivity contribution is 6.39. The lowest BCUT2D eigenvalue weighted by Crippen LogP contribution is -2.29. The monoisotopic (exact) mass is 495 g/mol. The number of fused-ring (bicyclic) bond motifs is 1. The van der Waals surface area contributed by atoms with Gasteiger partial charge >= 0.3 is 0 Å². The minimum absolute atomic E-state index is 0.202. The summed E-state index contributed by atoms with van der Waals surface area (Å²) in [6.07, 6.45) is 4.69. The number of hydrogen-bond acceptors (Lipinski definition) is 3. The molecular weight excluding hydrogens is 484 g/mol. The first-order chi connectivity index (χ1) is 15.9. The Hall–Kier alpha value is -3.25. The summed E-state index contributed by atoms with van der Waals surface area (Å²) in [5.41, 5.74) is 3.50. The molecule has 0 aliphatic rings. The molecule has 5 aromatic rings. The Kier molecular flexibility index (Phi) is 5.62. The van der Waals surface area contributed by atoms with Crippen LogP contribution in [0.1, 0.15) is 0 Å². The molecule has 0 N–H and O–H groups in total. The summed E-state index contributed by atoms with van der Waals surface area (Å²) >= 11 is 19.3. The van der Waals surface area contributed by atoms with E-state index in [1.807, 2.05) is 12.1 Å². The molecule has 5 rings (SSSR count). The number of pyridine rings is 3. The lowest BCUT2D eigenvalue weighted by atomic mass is 9.97. The van der Waals surface area contributed by atoms with E-state index in [9.17, 15) is 9.60 Å². The zero-order valence-electron chi connectivity index (χ0n) is 16.8. The topological polar surface area (TPSA) is 52.7 Å². The SMILES string of the molecule is [O-][n+]1ccc2c(-c3ccc(F)cc3Cl)cc(-c3cccnc3)nc2c1-c1c(Cl)cccc1Cl. The highest BCUT2D eigenvalue weighted by Gasteiger charge is 2.24. The van der Waals surface area contributed by atoms with Crippen LogP contribution in [0.25, 0.3) is 44.5 Å². The molecule has 3 aromatic heterocycles. The fourth-order valence-electron chi connectivity index (χ4n) is 3.77. The van der Waals surface area contributed by atoms with Crippen molar-refractivity contribution in [3.8, 4) is 33.6 Å². The third-order valence-corrected chi connectivity index (χ3v) is 6.20. The van der Waals surface area contributed by atoms with Crippen LogP contribution in [-0.2, 0) is 0 Å². The molecule has 0 bridgehead atoms. The molecule has 0 spiro atoms. The third-order valence-electron chi connectivity index (χ3n) is 5.26. The molecule has 0 atom stereocenters. The van der Waals surface area contributed by atoms with Crippen LogP contribution < -0.4 is 4.73 Å². The van der Waals surface area contributed by atoms with Gasteiger partial charge in [0.15, 0.2) is 6.20 Å². The molecule has 4 nitrogen and oxygen atoms in total. The number of aromatic nitrogens is 3. The van der Waals surface area contributed by atoms with E-state index >= 15 is 0 Å². The fraction of sp³-hybridized carbons (Fsp3) is 0. The molecule has 0 saturated carbocycles.